The number of aryl methyl sites for hydroxylation is 1. The minimum absolute atomic E-state index is 0.356. The molecule has 21 heavy (non-hydrogen) atoms. The smallest absolute Gasteiger partial charge is 0.164 e. The molecule has 0 aromatic carbocycles. The fourth-order valence-corrected chi connectivity index (χ4v) is 1.83. The van der Waals surface area contributed by atoms with Gasteiger partial charge in [0, 0.05) is 30.8 Å². The largest absolute Gasteiger partial charge is 0.380 e. The molecule has 2 aromatic heterocycles. The maximum atomic E-state index is 9.29. The number of hydrazone groups is 1. The van der Waals surface area contributed by atoms with Crippen LogP contribution in [0.2, 0.25) is 0 Å². The van der Waals surface area contributed by atoms with E-state index in [1.165, 1.54) is 0 Å². The fraction of sp³-hybridized carbons (Fsp3) is 0.200. The van der Waals surface area contributed by atoms with Crippen LogP contribution >= 0.6 is 0 Å². The zero-order valence-electron chi connectivity index (χ0n) is 11.9. The molecule has 0 saturated heterocycles. The second-order valence-electron chi connectivity index (χ2n) is 4.34. The summed E-state index contributed by atoms with van der Waals surface area (Å²) in [4.78, 5) is 8.23. The summed E-state index contributed by atoms with van der Waals surface area (Å²) in [5, 5.41) is 13.4. The molecule has 0 aliphatic heterocycles. The molecule has 6 heteroatoms. The Morgan fingerprint density at radius 2 is 2.19 bits per heavy atom. The van der Waals surface area contributed by atoms with Crippen molar-refractivity contribution in [3.8, 4) is 6.07 Å². The fourth-order valence-electron chi connectivity index (χ4n) is 1.83. The van der Waals surface area contributed by atoms with Gasteiger partial charge >= 0.3 is 0 Å². The molecule has 0 spiro atoms. The molecule has 0 radical (unpaired) electrons. The molecule has 0 unspecified atom stereocenters. The van der Waals surface area contributed by atoms with Crippen LogP contribution in [0.5, 0.6) is 0 Å². The Kier molecular flexibility index (Phi) is 4.96. The van der Waals surface area contributed by atoms with E-state index in [2.05, 4.69) is 26.6 Å². The molecule has 0 aliphatic carbocycles. The number of anilines is 1. The third-order valence-corrected chi connectivity index (χ3v) is 2.73. The average Bonchev–Trinajstić information content (AvgIpc) is 2.48. The lowest BCUT2D eigenvalue weighted by molar-refractivity contribution is 0.184. The highest BCUT2D eigenvalue weighted by Gasteiger charge is 2.10. The maximum absolute atomic E-state index is 9.29. The lowest BCUT2D eigenvalue weighted by Gasteiger charge is -2.09. The van der Waals surface area contributed by atoms with Gasteiger partial charge < -0.3 is 4.74 Å². The summed E-state index contributed by atoms with van der Waals surface area (Å²) < 4.78 is 5.10. The molecule has 0 saturated carbocycles. The first kappa shape index (κ1) is 14.6. The normalized spacial score (nSPS) is 10.5. The molecule has 2 rings (SSSR count). The Morgan fingerprint density at radius 3 is 2.86 bits per heavy atom. The topological polar surface area (TPSA) is 83.2 Å². The lowest BCUT2D eigenvalue weighted by Crippen LogP contribution is -2.03. The van der Waals surface area contributed by atoms with Gasteiger partial charge in [-0.05, 0) is 30.7 Å². The summed E-state index contributed by atoms with van der Waals surface area (Å²) in [5.74, 6) is 0.426. The van der Waals surface area contributed by atoms with E-state index in [4.69, 9.17) is 4.74 Å². The van der Waals surface area contributed by atoms with Gasteiger partial charge in [0.05, 0.1) is 12.8 Å². The van der Waals surface area contributed by atoms with Gasteiger partial charge in [-0.15, -0.1) is 0 Å². The monoisotopic (exact) mass is 281 g/mol. The number of methoxy groups -OCH3 is 1. The predicted octanol–water partition coefficient (Wildman–Crippen LogP) is 2.25. The van der Waals surface area contributed by atoms with Crippen LogP contribution < -0.4 is 5.43 Å². The van der Waals surface area contributed by atoms with Crippen LogP contribution in [-0.2, 0) is 11.3 Å². The first-order valence-corrected chi connectivity index (χ1v) is 6.33. The van der Waals surface area contributed by atoms with Gasteiger partial charge in [0.1, 0.15) is 11.6 Å². The molecule has 2 heterocycles. The Balaban J connectivity index is 2.23. The number of aromatic nitrogens is 2. The molecule has 0 fully saturated rings. The van der Waals surface area contributed by atoms with Gasteiger partial charge in [0.15, 0.2) is 5.82 Å². The third kappa shape index (κ3) is 3.84. The second kappa shape index (κ2) is 7.12. The van der Waals surface area contributed by atoms with E-state index < -0.39 is 0 Å². The molecule has 1 N–H and O–H groups in total. The highest BCUT2D eigenvalue weighted by Crippen LogP contribution is 2.19. The standard InChI is InChI=1S/C15H15N5O/c1-11-7-13(10-21-2)14(8-16)15(19-11)20-18-9-12-3-5-17-6-4-12/h3-7,9H,10H2,1-2H3,(H,19,20). The predicted molar refractivity (Wildman–Crippen MR) is 79.9 cm³/mol. The minimum atomic E-state index is 0.356. The van der Waals surface area contributed by atoms with Crippen molar-refractivity contribution in [3.05, 3.63) is 53.0 Å². The van der Waals surface area contributed by atoms with E-state index in [-0.39, 0.29) is 0 Å². The average molecular weight is 281 g/mol. The molecular weight excluding hydrogens is 266 g/mol. The Morgan fingerprint density at radius 1 is 1.43 bits per heavy atom. The van der Waals surface area contributed by atoms with Crippen LogP contribution in [0.15, 0.2) is 35.7 Å². The molecule has 6 nitrogen and oxygen atoms in total. The summed E-state index contributed by atoms with van der Waals surface area (Å²) in [6.07, 6.45) is 5.01. The number of hydrogen-bond acceptors (Lipinski definition) is 6. The summed E-state index contributed by atoms with van der Waals surface area (Å²) in [5.41, 5.74) is 5.74. The van der Waals surface area contributed by atoms with E-state index in [1.807, 2.05) is 25.1 Å². The molecule has 0 amide bonds. The molecule has 0 atom stereocenters. The number of nitrogens with zero attached hydrogens (tertiary/aromatic N) is 4. The quantitative estimate of drug-likeness (QED) is 0.671. The van der Waals surface area contributed by atoms with Gasteiger partial charge in [0.2, 0.25) is 0 Å². The highest BCUT2D eigenvalue weighted by atomic mass is 16.5. The van der Waals surface area contributed by atoms with Gasteiger partial charge in [-0.25, -0.2) is 4.98 Å². The van der Waals surface area contributed by atoms with E-state index in [0.717, 1.165) is 16.8 Å². The zero-order valence-corrected chi connectivity index (χ0v) is 11.9. The summed E-state index contributed by atoms with van der Waals surface area (Å²) in [6, 6.07) is 7.63. The van der Waals surface area contributed by atoms with E-state index in [9.17, 15) is 5.26 Å². The second-order valence-corrected chi connectivity index (χ2v) is 4.34. The summed E-state index contributed by atoms with van der Waals surface area (Å²) in [6.45, 7) is 2.22. The van der Waals surface area contributed by atoms with Crippen molar-refractivity contribution >= 4 is 12.0 Å². The number of ether oxygens (including phenoxy) is 1. The van der Waals surface area contributed by atoms with Crippen molar-refractivity contribution in [1.29, 1.82) is 5.26 Å². The van der Waals surface area contributed by atoms with Crippen LogP contribution in [-0.4, -0.2) is 23.3 Å². The van der Waals surface area contributed by atoms with Gasteiger partial charge in [-0.3, -0.25) is 10.4 Å². The minimum Gasteiger partial charge on any atom is -0.380 e. The Bertz CT molecular complexity index is 676. The Hall–Kier alpha value is -2.78. The molecule has 2 aromatic rings. The molecule has 0 aliphatic rings. The van der Waals surface area contributed by atoms with Crippen molar-refractivity contribution < 1.29 is 4.74 Å². The number of nitrogens with one attached hydrogen (secondary N) is 1. The van der Waals surface area contributed by atoms with Crippen LogP contribution in [0.4, 0.5) is 5.82 Å². The van der Waals surface area contributed by atoms with Crippen LogP contribution in [0, 0.1) is 18.3 Å². The SMILES string of the molecule is COCc1cc(C)nc(NN=Cc2ccncc2)c1C#N. The van der Waals surface area contributed by atoms with Gasteiger partial charge in [-0.1, -0.05) is 0 Å². The first-order chi connectivity index (χ1) is 10.2. The maximum Gasteiger partial charge on any atom is 0.164 e. The third-order valence-electron chi connectivity index (χ3n) is 2.73. The number of nitriles is 1. The Labute approximate surface area is 123 Å². The van der Waals surface area contributed by atoms with Gasteiger partial charge in [-0.2, -0.15) is 10.4 Å². The van der Waals surface area contributed by atoms with Crippen LogP contribution in [0.1, 0.15) is 22.4 Å². The zero-order chi connectivity index (χ0) is 15.1. The van der Waals surface area contributed by atoms with Crippen molar-refractivity contribution in [2.45, 2.75) is 13.5 Å². The summed E-state index contributed by atoms with van der Waals surface area (Å²) in [7, 11) is 1.59. The number of rotatable bonds is 5. The van der Waals surface area contributed by atoms with Crippen LogP contribution in [0.3, 0.4) is 0 Å². The lowest BCUT2D eigenvalue weighted by atomic mass is 10.1. The first-order valence-electron chi connectivity index (χ1n) is 6.33. The molecule has 0 bridgehead atoms. The van der Waals surface area contributed by atoms with Crippen molar-refractivity contribution in [2.75, 3.05) is 12.5 Å². The number of hydrogen-bond donors (Lipinski definition) is 1. The number of pyridine rings is 2. The van der Waals surface area contributed by atoms with E-state index >= 15 is 0 Å². The van der Waals surface area contributed by atoms with Crippen molar-refractivity contribution in [1.82, 2.24) is 9.97 Å². The van der Waals surface area contributed by atoms with Crippen molar-refractivity contribution in [2.24, 2.45) is 5.10 Å². The molecule has 106 valence electrons. The molecular formula is C15H15N5O. The highest BCUT2D eigenvalue weighted by molar-refractivity contribution is 5.79. The van der Waals surface area contributed by atoms with Crippen LogP contribution in [0.25, 0.3) is 0 Å². The van der Waals surface area contributed by atoms with Gasteiger partial charge in [0.25, 0.3) is 0 Å². The summed E-state index contributed by atoms with van der Waals surface area (Å²) >= 11 is 0. The van der Waals surface area contributed by atoms with E-state index in [0.29, 0.717) is 18.0 Å². The van der Waals surface area contributed by atoms with Crippen molar-refractivity contribution in [3.63, 3.8) is 0 Å². The van der Waals surface area contributed by atoms with E-state index in [1.54, 1.807) is 25.7 Å².